The van der Waals surface area contributed by atoms with Crippen LogP contribution in [0.2, 0.25) is 5.02 Å². The Labute approximate surface area is 97.4 Å². The Morgan fingerprint density at radius 1 is 1.20 bits per heavy atom. The van der Waals surface area contributed by atoms with Crippen LogP contribution in [0.15, 0.2) is 18.2 Å². The van der Waals surface area contributed by atoms with E-state index in [1.807, 2.05) is 18.2 Å². The van der Waals surface area contributed by atoms with Crippen LogP contribution in [0.3, 0.4) is 0 Å². The Balaban J connectivity index is 2.71. The number of halogens is 1. The third kappa shape index (κ3) is 3.75. The van der Waals surface area contributed by atoms with Gasteiger partial charge >= 0.3 is 0 Å². The summed E-state index contributed by atoms with van der Waals surface area (Å²) in [4.78, 5) is 0. The summed E-state index contributed by atoms with van der Waals surface area (Å²) in [6.45, 7) is 5.10. The van der Waals surface area contributed by atoms with E-state index in [2.05, 4.69) is 13.8 Å². The maximum Gasteiger partial charge on any atom is 0.123 e. The van der Waals surface area contributed by atoms with Crippen molar-refractivity contribution in [3.05, 3.63) is 28.8 Å². The van der Waals surface area contributed by atoms with Crippen LogP contribution >= 0.6 is 11.6 Å². The molecule has 1 aromatic carbocycles. The second-order valence-corrected chi connectivity index (χ2v) is 4.08. The maximum atomic E-state index is 6.14. The standard InChI is InChI=1S/C13H19ClO/c1-3-5-10-15-13-9-6-8-12(14)11(13)7-4-2/h6,8-9H,3-5,7,10H2,1-2H3. The Bertz CT molecular complexity index is 297. The molecule has 0 atom stereocenters. The lowest BCUT2D eigenvalue weighted by molar-refractivity contribution is 0.306. The van der Waals surface area contributed by atoms with E-state index in [1.54, 1.807) is 0 Å². The zero-order chi connectivity index (χ0) is 11.1. The van der Waals surface area contributed by atoms with E-state index < -0.39 is 0 Å². The summed E-state index contributed by atoms with van der Waals surface area (Å²) in [5, 5.41) is 0.825. The predicted octanol–water partition coefficient (Wildman–Crippen LogP) is 4.47. The van der Waals surface area contributed by atoms with Gasteiger partial charge in [-0.3, -0.25) is 0 Å². The third-order valence-electron chi connectivity index (χ3n) is 2.33. The van der Waals surface area contributed by atoms with Crippen molar-refractivity contribution in [2.45, 2.75) is 39.5 Å². The van der Waals surface area contributed by atoms with Gasteiger partial charge in [-0.15, -0.1) is 0 Å². The first kappa shape index (κ1) is 12.4. The quantitative estimate of drug-likeness (QED) is 0.651. The molecule has 0 aliphatic heterocycles. The van der Waals surface area contributed by atoms with Gasteiger partial charge in [0.25, 0.3) is 0 Å². The molecule has 0 N–H and O–H groups in total. The fourth-order valence-electron chi connectivity index (χ4n) is 1.49. The van der Waals surface area contributed by atoms with E-state index in [1.165, 1.54) is 0 Å². The van der Waals surface area contributed by atoms with Gasteiger partial charge in [0.2, 0.25) is 0 Å². The average Bonchev–Trinajstić information content (AvgIpc) is 2.23. The van der Waals surface area contributed by atoms with Crippen molar-refractivity contribution in [1.29, 1.82) is 0 Å². The van der Waals surface area contributed by atoms with Crippen LogP contribution in [-0.4, -0.2) is 6.61 Å². The number of hydrogen-bond acceptors (Lipinski definition) is 1. The molecule has 2 heteroatoms. The van der Waals surface area contributed by atoms with Gasteiger partial charge in [-0.2, -0.15) is 0 Å². The normalized spacial score (nSPS) is 10.3. The molecule has 1 rings (SSSR count). The minimum Gasteiger partial charge on any atom is -0.493 e. The molecule has 0 aliphatic rings. The molecule has 15 heavy (non-hydrogen) atoms. The number of unbranched alkanes of at least 4 members (excludes halogenated alkanes) is 1. The molecule has 0 fully saturated rings. The molecule has 0 radical (unpaired) electrons. The molecule has 1 nitrogen and oxygen atoms in total. The van der Waals surface area contributed by atoms with Gasteiger partial charge in [-0.1, -0.05) is 44.4 Å². The van der Waals surface area contributed by atoms with Crippen molar-refractivity contribution < 1.29 is 4.74 Å². The van der Waals surface area contributed by atoms with Crippen LogP contribution in [0.5, 0.6) is 5.75 Å². The second kappa shape index (κ2) is 6.73. The largest absolute Gasteiger partial charge is 0.493 e. The number of ether oxygens (including phenoxy) is 1. The van der Waals surface area contributed by atoms with E-state index >= 15 is 0 Å². The summed E-state index contributed by atoms with van der Waals surface area (Å²) in [6.07, 6.45) is 4.33. The first-order valence-electron chi connectivity index (χ1n) is 5.69. The molecular formula is C13H19ClO. The monoisotopic (exact) mass is 226 g/mol. The molecular weight excluding hydrogens is 208 g/mol. The molecule has 0 aromatic heterocycles. The van der Waals surface area contributed by atoms with E-state index in [0.717, 1.165) is 48.6 Å². The zero-order valence-electron chi connectivity index (χ0n) is 9.55. The Morgan fingerprint density at radius 3 is 2.67 bits per heavy atom. The van der Waals surface area contributed by atoms with Crippen molar-refractivity contribution >= 4 is 11.6 Å². The smallest absolute Gasteiger partial charge is 0.123 e. The van der Waals surface area contributed by atoms with Crippen LogP contribution in [0.25, 0.3) is 0 Å². The highest BCUT2D eigenvalue weighted by Crippen LogP contribution is 2.27. The van der Waals surface area contributed by atoms with Crippen molar-refractivity contribution in [2.24, 2.45) is 0 Å². The van der Waals surface area contributed by atoms with Crippen molar-refractivity contribution in [3.63, 3.8) is 0 Å². The average molecular weight is 227 g/mol. The first-order chi connectivity index (χ1) is 7.29. The van der Waals surface area contributed by atoms with Gasteiger partial charge in [0.05, 0.1) is 6.61 Å². The van der Waals surface area contributed by atoms with Crippen molar-refractivity contribution in [1.82, 2.24) is 0 Å². The molecule has 0 unspecified atom stereocenters. The van der Waals surface area contributed by atoms with E-state index in [9.17, 15) is 0 Å². The predicted molar refractivity (Wildman–Crippen MR) is 65.9 cm³/mol. The lowest BCUT2D eigenvalue weighted by atomic mass is 10.1. The second-order valence-electron chi connectivity index (χ2n) is 3.67. The molecule has 84 valence electrons. The van der Waals surface area contributed by atoms with E-state index in [4.69, 9.17) is 16.3 Å². The number of hydrogen-bond donors (Lipinski definition) is 0. The number of benzene rings is 1. The third-order valence-corrected chi connectivity index (χ3v) is 2.69. The topological polar surface area (TPSA) is 9.23 Å². The summed E-state index contributed by atoms with van der Waals surface area (Å²) in [6, 6.07) is 5.88. The van der Waals surface area contributed by atoms with Crippen LogP contribution < -0.4 is 4.74 Å². The summed E-state index contributed by atoms with van der Waals surface area (Å²) < 4.78 is 5.73. The van der Waals surface area contributed by atoms with Crippen LogP contribution in [0.4, 0.5) is 0 Å². The molecule has 0 amide bonds. The summed E-state index contributed by atoms with van der Waals surface area (Å²) >= 11 is 6.14. The first-order valence-corrected chi connectivity index (χ1v) is 6.07. The van der Waals surface area contributed by atoms with Gasteiger partial charge < -0.3 is 4.74 Å². The molecule has 0 aliphatic carbocycles. The molecule has 0 bridgehead atoms. The van der Waals surface area contributed by atoms with Crippen molar-refractivity contribution in [3.8, 4) is 5.75 Å². The van der Waals surface area contributed by atoms with Crippen molar-refractivity contribution in [2.75, 3.05) is 6.61 Å². The minimum absolute atomic E-state index is 0.785. The maximum absolute atomic E-state index is 6.14. The summed E-state index contributed by atoms with van der Waals surface area (Å²) in [5.41, 5.74) is 1.15. The lowest BCUT2D eigenvalue weighted by Gasteiger charge is -2.11. The van der Waals surface area contributed by atoms with Gasteiger partial charge in [-0.25, -0.2) is 0 Å². The molecule has 0 saturated carbocycles. The zero-order valence-corrected chi connectivity index (χ0v) is 10.3. The van der Waals surface area contributed by atoms with Gasteiger partial charge in [0.15, 0.2) is 0 Å². The minimum atomic E-state index is 0.785. The highest BCUT2D eigenvalue weighted by Gasteiger charge is 2.06. The molecule has 0 heterocycles. The molecule has 1 aromatic rings. The van der Waals surface area contributed by atoms with Gasteiger partial charge in [0, 0.05) is 10.6 Å². The highest BCUT2D eigenvalue weighted by atomic mass is 35.5. The summed E-state index contributed by atoms with van der Waals surface area (Å²) in [7, 11) is 0. The fourth-order valence-corrected chi connectivity index (χ4v) is 1.75. The summed E-state index contributed by atoms with van der Waals surface area (Å²) in [5.74, 6) is 0.956. The van der Waals surface area contributed by atoms with E-state index in [0.29, 0.717) is 0 Å². The number of rotatable bonds is 6. The van der Waals surface area contributed by atoms with Crippen LogP contribution in [-0.2, 0) is 6.42 Å². The van der Waals surface area contributed by atoms with Crippen LogP contribution in [0.1, 0.15) is 38.7 Å². The fraction of sp³-hybridized carbons (Fsp3) is 0.538. The molecule has 0 spiro atoms. The Hall–Kier alpha value is -0.690. The Kier molecular flexibility index (Phi) is 5.56. The van der Waals surface area contributed by atoms with E-state index in [-0.39, 0.29) is 0 Å². The molecule has 0 saturated heterocycles. The van der Waals surface area contributed by atoms with Crippen LogP contribution in [0, 0.1) is 0 Å². The van der Waals surface area contributed by atoms with Gasteiger partial charge in [-0.05, 0) is 25.0 Å². The highest BCUT2D eigenvalue weighted by molar-refractivity contribution is 6.31. The SMILES string of the molecule is CCCCOc1cccc(Cl)c1CCC. The Morgan fingerprint density at radius 2 is 2.00 bits per heavy atom. The van der Waals surface area contributed by atoms with Gasteiger partial charge in [0.1, 0.15) is 5.75 Å². The lowest BCUT2D eigenvalue weighted by Crippen LogP contribution is -2.00.